The zero-order chi connectivity index (χ0) is 15.0. The molecule has 2 amide bonds. The van der Waals surface area contributed by atoms with E-state index in [1.807, 2.05) is 20.2 Å². The van der Waals surface area contributed by atoms with Crippen molar-refractivity contribution in [3.8, 4) is 0 Å². The van der Waals surface area contributed by atoms with Gasteiger partial charge >= 0.3 is 0 Å². The second kappa shape index (κ2) is 5.50. The summed E-state index contributed by atoms with van der Waals surface area (Å²) in [4.78, 5) is 28.7. The quantitative estimate of drug-likeness (QED) is 0.819. The normalized spacial score (nSPS) is 23.2. The highest BCUT2D eigenvalue weighted by Gasteiger charge is 2.38. The predicted molar refractivity (Wildman–Crippen MR) is 78.9 cm³/mol. The van der Waals surface area contributed by atoms with E-state index in [4.69, 9.17) is 0 Å². The number of anilines is 1. The molecule has 2 aliphatic rings. The van der Waals surface area contributed by atoms with Gasteiger partial charge in [0.25, 0.3) is 0 Å². The topological polar surface area (TPSA) is 58.4 Å². The number of rotatable bonds is 2. The van der Waals surface area contributed by atoms with Gasteiger partial charge in [-0.15, -0.1) is 0 Å². The van der Waals surface area contributed by atoms with Crippen LogP contribution in [0, 0.1) is 0 Å². The van der Waals surface area contributed by atoms with Crippen LogP contribution in [0.3, 0.4) is 0 Å². The Morgan fingerprint density at radius 3 is 2.86 bits per heavy atom. The van der Waals surface area contributed by atoms with Gasteiger partial charge in [-0.1, -0.05) is 6.92 Å². The van der Waals surface area contributed by atoms with E-state index in [9.17, 15) is 9.59 Å². The van der Waals surface area contributed by atoms with Crippen LogP contribution in [-0.2, 0) is 23.1 Å². The van der Waals surface area contributed by atoms with Crippen LogP contribution in [0.5, 0.6) is 0 Å². The molecule has 6 heteroatoms. The zero-order valence-electron chi connectivity index (χ0n) is 12.7. The molecular weight excluding hydrogens is 268 g/mol. The summed E-state index contributed by atoms with van der Waals surface area (Å²) in [5.41, 5.74) is 1.78. The zero-order valence-corrected chi connectivity index (χ0v) is 12.7. The highest BCUT2D eigenvalue weighted by Crippen LogP contribution is 2.28. The molecule has 0 saturated carbocycles. The lowest BCUT2D eigenvalue weighted by Gasteiger charge is -2.34. The van der Waals surface area contributed by atoms with Crippen molar-refractivity contribution in [3.63, 3.8) is 0 Å². The molecule has 114 valence electrons. The Labute approximate surface area is 124 Å². The van der Waals surface area contributed by atoms with Crippen LogP contribution >= 0.6 is 0 Å². The van der Waals surface area contributed by atoms with Crippen LogP contribution in [0.4, 0.5) is 5.69 Å². The van der Waals surface area contributed by atoms with Crippen LogP contribution in [0.15, 0.2) is 6.20 Å². The summed E-state index contributed by atoms with van der Waals surface area (Å²) in [6.45, 7) is 3.21. The lowest BCUT2D eigenvalue weighted by atomic mass is 10.0. The van der Waals surface area contributed by atoms with Gasteiger partial charge in [0.05, 0.1) is 11.4 Å². The molecule has 2 saturated heterocycles. The Kier molecular flexibility index (Phi) is 3.69. The van der Waals surface area contributed by atoms with Gasteiger partial charge in [0.1, 0.15) is 6.04 Å². The molecule has 0 N–H and O–H groups in total. The van der Waals surface area contributed by atoms with Gasteiger partial charge in [0, 0.05) is 32.8 Å². The molecule has 1 atom stereocenters. The molecule has 0 aliphatic carbocycles. The first-order valence-electron chi connectivity index (χ1n) is 7.75. The van der Waals surface area contributed by atoms with Gasteiger partial charge in [0.15, 0.2) is 0 Å². The average molecular weight is 290 g/mol. The second-order valence-corrected chi connectivity index (χ2v) is 5.83. The summed E-state index contributed by atoms with van der Waals surface area (Å²) in [5.74, 6) is 0.167. The number of carbonyl (C=O) groups is 2. The van der Waals surface area contributed by atoms with Gasteiger partial charge < -0.3 is 9.80 Å². The van der Waals surface area contributed by atoms with Gasteiger partial charge in [-0.3, -0.25) is 14.3 Å². The van der Waals surface area contributed by atoms with Crippen molar-refractivity contribution in [3.05, 3.63) is 11.9 Å². The average Bonchev–Trinajstić information content (AvgIpc) is 2.82. The Bertz CT molecular complexity index is 566. The van der Waals surface area contributed by atoms with E-state index in [0.717, 1.165) is 43.6 Å². The van der Waals surface area contributed by atoms with Crippen molar-refractivity contribution in [2.45, 2.75) is 45.1 Å². The monoisotopic (exact) mass is 290 g/mol. The molecular formula is C15H22N4O2. The Morgan fingerprint density at radius 2 is 2.10 bits per heavy atom. The molecule has 3 heterocycles. The van der Waals surface area contributed by atoms with E-state index in [0.29, 0.717) is 13.0 Å². The molecule has 1 unspecified atom stereocenters. The summed E-state index contributed by atoms with van der Waals surface area (Å²) in [7, 11) is 1.86. The van der Waals surface area contributed by atoms with Crippen molar-refractivity contribution in [1.82, 2.24) is 14.7 Å². The molecule has 21 heavy (non-hydrogen) atoms. The van der Waals surface area contributed by atoms with E-state index in [2.05, 4.69) is 5.10 Å². The van der Waals surface area contributed by atoms with E-state index in [-0.39, 0.29) is 17.9 Å². The highest BCUT2D eigenvalue weighted by molar-refractivity contribution is 6.01. The van der Waals surface area contributed by atoms with Crippen molar-refractivity contribution in [2.24, 2.45) is 7.05 Å². The summed E-state index contributed by atoms with van der Waals surface area (Å²) in [6.07, 6.45) is 5.87. The largest absolute Gasteiger partial charge is 0.331 e. The van der Waals surface area contributed by atoms with Gasteiger partial charge in [0.2, 0.25) is 11.8 Å². The van der Waals surface area contributed by atoms with E-state index in [1.165, 1.54) is 0 Å². The summed E-state index contributed by atoms with van der Waals surface area (Å²) >= 11 is 0. The van der Waals surface area contributed by atoms with Crippen LogP contribution in [0.1, 0.15) is 38.3 Å². The molecule has 3 rings (SSSR count). The fraction of sp³-hybridized carbons (Fsp3) is 0.667. The molecule has 1 aromatic rings. The molecule has 1 aromatic heterocycles. The van der Waals surface area contributed by atoms with Gasteiger partial charge in [-0.05, 0) is 25.7 Å². The minimum atomic E-state index is -0.279. The number of amides is 2. The first-order chi connectivity index (χ1) is 10.1. The standard InChI is InChI=1S/C15H22N4O2/c1-3-11-13(10-17(2)16-11)19-9-7-14(20)18-8-5-4-6-12(18)15(19)21/h10,12H,3-9H2,1-2H3. The minimum absolute atomic E-state index is 0.0586. The maximum absolute atomic E-state index is 12.9. The summed E-state index contributed by atoms with van der Waals surface area (Å²) in [6, 6.07) is -0.279. The Balaban J connectivity index is 1.95. The smallest absolute Gasteiger partial charge is 0.249 e. The minimum Gasteiger partial charge on any atom is -0.331 e. The third-order valence-corrected chi connectivity index (χ3v) is 4.43. The van der Waals surface area contributed by atoms with Crippen molar-refractivity contribution in [1.29, 1.82) is 0 Å². The lowest BCUT2D eigenvalue weighted by molar-refractivity contribution is -0.138. The van der Waals surface area contributed by atoms with Crippen LogP contribution < -0.4 is 4.90 Å². The van der Waals surface area contributed by atoms with Crippen LogP contribution in [0.25, 0.3) is 0 Å². The van der Waals surface area contributed by atoms with Crippen molar-refractivity contribution in [2.75, 3.05) is 18.0 Å². The summed E-state index contributed by atoms with van der Waals surface area (Å²) < 4.78 is 1.74. The molecule has 0 bridgehead atoms. The third-order valence-electron chi connectivity index (χ3n) is 4.43. The third kappa shape index (κ3) is 2.43. The van der Waals surface area contributed by atoms with Crippen molar-refractivity contribution >= 4 is 17.5 Å². The molecule has 2 fully saturated rings. The number of nitrogens with zero attached hydrogens (tertiary/aromatic N) is 4. The number of aryl methyl sites for hydroxylation is 2. The molecule has 0 spiro atoms. The maximum Gasteiger partial charge on any atom is 0.249 e. The number of carbonyl (C=O) groups excluding carboxylic acids is 2. The predicted octanol–water partition coefficient (Wildman–Crippen LogP) is 1.10. The number of aromatic nitrogens is 2. The summed E-state index contributed by atoms with van der Waals surface area (Å²) in [5, 5.41) is 4.42. The first-order valence-corrected chi connectivity index (χ1v) is 7.75. The molecule has 2 aliphatic heterocycles. The number of hydrogen-bond donors (Lipinski definition) is 0. The highest BCUT2D eigenvalue weighted by atomic mass is 16.2. The van der Waals surface area contributed by atoms with Crippen LogP contribution in [-0.4, -0.2) is 45.6 Å². The van der Waals surface area contributed by atoms with Gasteiger partial charge in [-0.25, -0.2) is 0 Å². The SMILES string of the molecule is CCc1nn(C)cc1N1CCC(=O)N2CCCCC2C1=O. The molecule has 6 nitrogen and oxygen atoms in total. The fourth-order valence-corrected chi connectivity index (χ4v) is 3.37. The number of fused-ring (bicyclic) bond motifs is 1. The fourth-order valence-electron chi connectivity index (χ4n) is 3.37. The van der Waals surface area contributed by atoms with Crippen LogP contribution in [0.2, 0.25) is 0 Å². The Morgan fingerprint density at radius 1 is 1.29 bits per heavy atom. The van der Waals surface area contributed by atoms with Crippen molar-refractivity contribution < 1.29 is 9.59 Å². The first kappa shape index (κ1) is 14.1. The van der Waals surface area contributed by atoms with E-state index >= 15 is 0 Å². The Hall–Kier alpha value is -1.85. The molecule has 0 aromatic carbocycles. The number of piperidine rings is 1. The number of hydrogen-bond acceptors (Lipinski definition) is 3. The van der Waals surface area contributed by atoms with E-state index in [1.54, 1.807) is 14.5 Å². The molecule has 0 radical (unpaired) electrons. The van der Waals surface area contributed by atoms with Gasteiger partial charge in [-0.2, -0.15) is 5.10 Å². The second-order valence-electron chi connectivity index (χ2n) is 5.83. The lowest BCUT2D eigenvalue weighted by Crippen LogP contribution is -2.50. The maximum atomic E-state index is 12.9. The van der Waals surface area contributed by atoms with E-state index < -0.39 is 0 Å².